The predicted octanol–water partition coefficient (Wildman–Crippen LogP) is 2.71. The Morgan fingerprint density at radius 3 is 3.00 bits per heavy atom. The molecule has 0 bridgehead atoms. The number of carbonyl (C=O) groups excluding carboxylic acids is 1. The van der Waals surface area contributed by atoms with Gasteiger partial charge in [-0.2, -0.15) is 0 Å². The fourth-order valence-electron chi connectivity index (χ4n) is 2.38. The monoisotopic (exact) mass is 328 g/mol. The first-order valence-electron chi connectivity index (χ1n) is 6.54. The van der Waals surface area contributed by atoms with Gasteiger partial charge in [0.25, 0.3) is 5.91 Å². The van der Waals surface area contributed by atoms with Crippen molar-refractivity contribution < 1.29 is 9.18 Å². The Morgan fingerprint density at radius 1 is 1.58 bits per heavy atom. The number of carbonyl (C=O) groups is 1. The first-order valence-corrected chi connectivity index (χ1v) is 7.34. The van der Waals surface area contributed by atoms with Crippen LogP contribution in [-0.2, 0) is 0 Å². The number of benzene rings is 1. The molecule has 3 nitrogen and oxygen atoms in total. The van der Waals surface area contributed by atoms with Gasteiger partial charge in [-0.1, -0.05) is 0 Å². The molecule has 2 rings (SSSR count). The van der Waals surface area contributed by atoms with E-state index in [2.05, 4.69) is 26.6 Å². The first kappa shape index (κ1) is 14.5. The first-order chi connectivity index (χ1) is 9.08. The lowest BCUT2D eigenvalue weighted by Crippen LogP contribution is -2.44. The highest BCUT2D eigenvalue weighted by Crippen LogP contribution is 2.19. The lowest BCUT2D eigenvalue weighted by Gasteiger charge is -2.29. The van der Waals surface area contributed by atoms with Crippen molar-refractivity contribution >= 4 is 21.8 Å². The Kier molecular flexibility index (Phi) is 4.93. The predicted molar refractivity (Wildman–Crippen MR) is 76.6 cm³/mol. The van der Waals surface area contributed by atoms with E-state index in [0.717, 1.165) is 25.9 Å². The molecule has 0 spiro atoms. The lowest BCUT2D eigenvalue weighted by atomic mass is 9.92. The molecule has 5 heteroatoms. The number of hydrogen-bond donors (Lipinski definition) is 2. The molecule has 1 aliphatic heterocycles. The van der Waals surface area contributed by atoms with Crippen molar-refractivity contribution in [3.8, 4) is 0 Å². The van der Waals surface area contributed by atoms with Crippen molar-refractivity contribution in [2.45, 2.75) is 25.8 Å². The average Bonchev–Trinajstić information content (AvgIpc) is 2.39. The SMILES string of the molecule is CC(NC(=O)c1ccc(F)cc1Br)C1CCCNC1. The number of hydrogen-bond acceptors (Lipinski definition) is 2. The summed E-state index contributed by atoms with van der Waals surface area (Å²) in [5.41, 5.74) is 0.469. The van der Waals surface area contributed by atoms with E-state index in [1.807, 2.05) is 6.92 Å². The Labute approximate surface area is 121 Å². The molecule has 2 unspecified atom stereocenters. The van der Waals surface area contributed by atoms with Crippen molar-refractivity contribution in [3.63, 3.8) is 0 Å². The minimum absolute atomic E-state index is 0.109. The molecule has 1 fully saturated rings. The van der Waals surface area contributed by atoms with Gasteiger partial charge in [0.15, 0.2) is 0 Å². The number of piperidine rings is 1. The molecule has 1 aliphatic rings. The molecule has 1 aromatic carbocycles. The average molecular weight is 329 g/mol. The summed E-state index contributed by atoms with van der Waals surface area (Å²) in [7, 11) is 0. The number of amides is 1. The maximum absolute atomic E-state index is 13.0. The van der Waals surface area contributed by atoms with Crippen LogP contribution in [0.15, 0.2) is 22.7 Å². The van der Waals surface area contributed by atoms with Crippen LogP contribution in [0.4, 0.5) is 4.39 Å². The molecule has 2 atom stereocenters. The second-order valence-electron chi connectivity index (χ2n) is 4.99. The van der Waals surface area contributed by atoms with E-state index in [1.165, 1.54) is 18.2 Å². The highest BCUT2D eigenvalue weighted by Gasteiger charge is 2.22. The second-order valence-corrected chi connectivity index (χ2v) is 5.85. The van der Waals surface area contributed by atoms with E-state index in [9.17, 15) is 9.18 Å². The van der Waals surface area contributed by atoms with Gasteiger partial charge in [-0.25, -0.2) is 4.39 Å². The topological polar surface area (TPSA) is 41.1 Å². The van der Waals surface area contributed by atoms with Crippen molar-refractivity contribution in [1.82, 2.24) is 10.6 Å². The van der Waals surface area contributed by atoms with E-state index in [1.54, 1.807) is 0 Å². The molecule has 1 heterocycles. The van der Waals surface area contributed by atoms with Crippen LogP contribution < -0.4 is 10.6 Å². The molecule has 2 N–H and O–H groups in total. The van der Waals surface area contributed by atoms with E-state index < -0.39 is 0 Å². The van der Waals surface area contributed by atoms with Gasteiger partial charge in [-0.15, -0.1) is 0 Å². The highest BCUT2D eigenvalue weighted by atomic mass is 79.9. The summed E-state index contributed by atoms with van der Waals surface area (Å²) in [4.78, 5) is 12.1. The molecule has 0 saturated carbocycles. The van der Waals surface area contributed by atoms with Crippen LogP contribution in [0.2, 0.25) is 0 Å². The van der Waals surface area contributed by atoms with Gasteiger partial charge in [0.05, 0.1) is 5.56 Å². The van der Waals surface area contributed by atoms with Crippen LogP contribution in [0.1, 0.15) is 30.1 Å². The van der Waals surface area contributed by atoms with Crippen LogP contribution in [0, 0.1) is 11.7 Å². The molecule has 19 heavy (non-hydrogen) atoms. The zero-order valence-electron chi connectivity index (χ0n) is 10.9. The quantitative estimate of drug-likeness (QED) is 0.895. The molecule has 1 saturated heterocycles. The zero-order valence-corrected chi connectivity index (χ0v) is 12.5. The van der Waals surface area contributed by atoms with Gasteiger partial charge in [0.2, 0.25) is 0 Å². The van der Waals surface area contributed by atoms with E-state index in [-0.39, 0.29) is 17.8 Å². The fraction of sp³-hybridized carbons (Fsp3) is 0.500. The molecule has 0 aliphatic carbocycles. The molecule has 0 radical (unpaired) electrons. The third-order valence-electron chi connectivity index (χ3n) is 3.58. The van der Waals surface area contributed by atoms with Crippen molar-refractivity contribution in [1.29, 1.82) is 0 Å². The summed E-state index contributed by atoms with van der Waals surface area (Å²) >= 11 is 3.22. The fourth-order valence-corrected chi connectivity index (χ4v) is 2.91. The van der Waals surface area contributed by atoms with Crippen LogP contribution in [0.3, 0.4) is 0 Å². The molecule has 1 amide bonds. The molecule has 1 aromatic rings. The van der Waals surface area contributed by atoms with E-state index in [4.69, 9.17) is 0 Å². The van der Waals surface area contributed by atoms with Gasteiger partial charge in [-0.3, -0.25) is 4.79 Å². The van der Waals surface area contributed by atoms with Crippen molar-refractivity contribution in [3.05, 3.63) is 34.1 Å². The minimum atomic E-state index is -0.354. The third kappa shape index (κ3) is 3.76. The Hall–Kier alpha value is -0.940. The van der Waals surface area contributed by atoms with Gasteiger partial charge < -0.3 is 10.6 Å². The van der Waals surface area contributed by atoms with Crippen LogP contribution in [0.5, 0.6) is 0 Å². The highest BCUT2D eigenvalue weighted by molar-refractivity contribution is 9.10. The van der Waals surface area contributed by atoms with Gasteiger partial charge in [-0.05, 0) is 72.9 Å². The summed E-state index contributed by atoms with van der Waals surface area (Å²) < 4.78 is 13.5. The van der Waals surface area contributed by atoms with E-state index >= 15 is 0 Å². The maximum atomic E-state index is 13.0. The van der Waals surface area contributed by atoms with Crippen molar-refractivity contribution in [2.75, 3.05) is 13.1 Å². The van der Waals surface area contributed by atoms with Gasteiger partial charge in [0, 0.05) is 10.5 Å². The summed E-state index contributed by atoms with van der Waals surface area (Å²) in [5.74, 6) is -0.0603. The van der Waals surface area contributed by atoms with Crippen LogP contribution in [-0.4, -0.2) is 25.0 Å². The molecular formula is C14H18BrFN2O. The Bertz CT molecular complexity index is 461. The van der Waals surface area contributed by atoms with Crippen LogP contribution in [0.25, 0.3) is 0 Å². The third-order valence-corrected chi connectivity index (χ3v) is 4.23. The summed E-state index contributed by atoms with van der Waals surface area (Å²) in [6.07, 6.45) is 2.27. The number of nitrogens with one attached hydrogen (secondary N) is 2. The normalized spacial score (nSPS) is 20.9. The molecule has 0 aromatic heterocycles. The maximum Gasteiger partial charge on any atom is 0.252 e. The lowest BCUT2D eigenvalue weighted by molar-refractivity contribution is 0.0921. The second kappa shape index (κ2) is 6.48. The largest absolute Gasteiger partial charge is 0.349 e. The van der Waals surface area contributed by atoms with E-state index in [0.29, 0.717) is 16.0 Å². The van der Waals surface area contributed by atoms with Gasteiger partial charge >= 0.3 is 0 Å². The van der Waals surface area contributed by atoms with Gasteiger partial charge in [0.1, 0.15) is 5.82 Å². The number of halogens is 2. The van der Waals surface area contributed by atoms with Crippen molar-refractivity contribution in [2.24, 2.45) is 5.92 Å². The smallest absolute Gasteiger partial charge is 0.252 e. The minimum Gasteiger partial charge on any atom is -0.349 e. The zero-order chi connectivity index (χ0) is 13.8. The number of rotatable bonds is 3. The Balaban J connectivity index is 1.99. The standard InChI is InChI=1S/C14H18BrFN2O/c1-9(10-3-2-6-17-8-10)18-14(19)12-5-4-11(16)7-13(12)15/h4-5,7,9-10,17H,2-3,6,8H2,1H3,(H,18,19). The Morgan fingerprint density at radius 2 is 2.37 bits per heavy atom. The molecule has 104 valence electrons. The summed E-state index contributed by atoms with van der Waals surface area (Å²) in [5, 5.41) is 6.33. The molecular weight excluding hydrogens is 311 g/mol. The summed E-state index contributed by atoms with van der Waals surface area (Å²) in [6, 6.07) is 4.21. The summed E-state index contributed by atoms with van der Waals surface area (Å²) in [6.45, 7) is 4.01. The van der Waals surface area contributed by atoms with Crippen LogP contribution >= 0.6 is 15.9 Å².